The maximum atomic E-state index is 13.5. The van der Waals surface area contributed by atoms with Crippen LogP contribution in [0.5, 0.6) is 0 Å². The van der Waals surface area contributed by atoms with E-state index in [1.807, 2.05) is 11.6 Å². The van der Waals surface area contributed by atoms with Gasteiger partial charge in [0.15, 0.2) is 5.43 Å². The quantitative estimate of drug-likeness (QED) is 0.673. The molecule has 0 saturated heterocycles. The third-order valence-electron chi connectivity index (χ3n) is 6.97. The second-order valence-electron chi connectivity index (χ2n) is 8.97. The number of benzene rings is 2. The molecular weight excluding hydrogens is 414 g/mol. The highest BCUT2D eigenvalue weighted by Crippen LogP contribution is 2.37. The Morgan fingerprint density at radius 3 is 2.18 bits per heavy atom. The van der Waals surface area contributed by atoms with Gasteiger partial charge in [-0.2, -0.15) is 0 Å². The lowest BCUT2D eigenvalue weighted by atomic mass is 9.94. The highest BCUT2D eigenvalue weighted by Gasteiger charge is 2.37. The van der Waals surface area contributed by atoms with Gasteiger partial charge in [-0.05, 0) is 48.4 Å². The van der Waals surface area contributed by atoms with E-state index in [2.05, 4.69) is 53.5 Å². The molecule has 1 atom stereocenters. The molecule has 5 rings (SSSR count). The van der Waals surface area contributed by atoms with Crippen molar-refractivity contribution in [3.63, 3.8) is 0 Å². The number of aliphatic hydroxyl groups is 1. The molecule has 1 unspecified atom stereocenters. The van der Waals surface area contributed by atoms with Gasteiger partial charge in [0.2, 0.25) is 0 Å². The molecule has 1 aliphatic heterocycles. The van der Waals surface area contributed by atoms with E-state index in [1.54, 1.807) is 18.0 Å². The Balaban J connectivity index is 1.73. The number of carbonyl (C=O) groups excluding carboxylic acids is 1. The number of hydrogen-bond acceptors (Lipinski definition) is 4. The summed E-state index contributed by atoms with van der Waals surface area (Å²) in [5.41, 5.74) is 5.62. The second-order valence-corrected chi connectivity index (χ2v) is 8.97. The Morgan fingerprint density at radius 1 is 0.970 bits per heavy atom. The molecule has 3 aromatic rings. The Labute approximate surface area is 193 Å². The van der Waals surface area contributed by atoms with E-state index in [-0.39, 0.29) is 23.9 Å². The lowest BCUT2D eigenvalue weighted by molar-refractivity contribution is 0.0536. The molecule has 6 heteroatoms. The Bertz CT molecular complexity index is 1220. The molecule has 170 valence electrons. The van der Waals surface area contributed by atoms with Crippen molar-refractivity contribution in [3.05, 3.63) is 105 Å². The van der Waals surface area contributed by atoms with Gasteiger partial charge in [-0.15, -0.1) is 0 Å². The minimum atomic E-state index is -0.619. The fourth-order valence-electron chi connectivity index (χ4n) is 5.10. The van der Waals surface area contributed by atoms with Crippen LogP contribution in [0.2, 0.25) is 0 Å². The van der Waals surface area contributed by atoms with Crippen molar-refractivity contribution >= 4 is 5.91 Å². The van der Waals surface area contributed by atoms with Crippen molar-refractivity contribution in [3.8, 4) is 0 Å². The number of fused-ring (bicyclic) bond motifs is 3. The molecule has 2 aromatic carbocycles. The van der Waals surface area contributed by atoms with Gasteiger partial charge in [0.05, 0.1) is 12.1 Å². The van der Waals surface area contributed by atoms with Gasteiger partial charge in [-0.3, -0.25) is 19.3 Å². The zero-order chi connectivity index (χ0) is 23.1. The molecule has 6 nitrogen and oxygen atoms in total. The van der Waals surface area contributed by atoms with Gasteiger partial charge in [0, 0.05) is 24.4 Å². The number of nitrogens with zero attached hydrogens (tertiary/aromatic N) is 3. The SMILES string of the molecule is CCC(O)CN1CN(C2c3ccccc3CCc3ccccc32)n2ccc(=O)c(C)c2C1=O. The largest absolute Gasteiger partial charge is 0.391 e. The Hall–Kier alpha value is -3.38. The number of hydrogen-bond donors (Lipinski definition) is 1. The van der Waals surface area contributed by atoms with Crippen LogP contribution in [0.15, 0.2) is 65.6 Å². The van der Waals surface area contributed by atoms with Crippen LogP contribution in [0.3, 0.4) is 0 Å². The average molecular weight is 444 g/mol. The summed E-state index contributed by atoms with van der Waals surface area (Å²) in [7, 11) is 0. The minimum Gasteiger partial charge on any atom is -0.391 e. The third kappa shape index (κ3) is 3.64. The highest BCUT2D eigenvalue weighted by atomic mass is 16.3. The van der Waals surface area contributed by atoms with E-state index >= 15 is 0 Å². The first-order valence-electron chi connectivity index (χ1n) is 11.6. The Morgan fingerprint density at radius 2 is 1.58 bits per heavy atom. The molecule has 33 heavy (non-hydrogen) atoms. The molecule has 0 spiro atoms. The first kappa shape index (κ1) is 21.5. The summed E-state index contributed by atoms with van der Waals surface area (Å²) in [5, 5.41) is 12.5. The van der Waals surface area contributed by atoms with E-state index in [0.717, 1.165) is 12.8 Å². The standard InChI is InChI=1S/C27H29N3O3/c1-3-21(31)16-28-17-30(29-15-14-24(32)18(2)25(29)27(28)33)26-22-10-6-4-8-19(22)12-13-20-9-5-7-11-23(20)26/h4-11,14-15,21,26,31H,3,12-13,16-17H2,1-2H3. The van der Waals surface area contributed by atoms with Gasteiger partial charge >= 0.3 is 0 Å². The van der Waals surface area contributed by atoms with Crippen LogP contribution in [-0.4, -0.2) is 39.9 Å². The van der Waals surface area contributed by atoms with Crippen LogP contribution in [0.4, 0.5) is 0 Å². The third-order valence-corrected chi connectivity index (χ3v) is 6.97. The molecular formula is C27H29N3O3. The van der Waals surface area contributed by atoms with Crippen LogP contribution in [0.1, 0.15) is 57.7 Å². The summed E-state index contributed by atoms with van der Waals surface area (Å²) in [5.74, 6) is -0.218. The number of rotatable bonds is 4. The normalized spacial score (nSPS) is 16.6. The highest BCUT2D eigenvalue weighted by molar-refractivity contribution is 5.95. The second kappa shape index (κ2) is 8.52. The topological polar surface area (TPSA) is 65.8 Å². The van der Waals surface area contributed by atoms with Gasteiger partial charge in [0.1, 0.15) is 12.4 Å². The number of aliphatic hydroxyl groups excluding tert-OH is 1. The number of aryl methyl sites for hydroxylation is 2. The molecule has 1 amide bonds. The summed E-state index contributed by atoms with van der Waals surface area (Å²) in [4.78, 5) is 27.6. The number of aromatic nitrogens is 1. The maximum absolute atomic E-state index is 13.5. The molecule has 0 saturated carbocycles. The number of β-amino-alcohol motifs (C(OH)–C–C–N with tert-alkyl or cyclic N) is 1. The zero-order valence-electron chi connectivity index (χ0n) is 19.1. The van der Waals surface area contributed by atoms with E-state index < -0.39 is 6.10 Å². The van der Waals surface area contributed by atoms with Gasteiger partial charge in [-0.1, -0.05) is 55.5 Å². The fraction of sp³-hybridized carbons (Fsp3) is 0.333. The molecule has 1 aromatic heterocycles. The fourth-order valence-corrected chi connectivity index (χ4v) is 5.10. The van der Waals surface area contributed by atoms with E-state index in [9.17, 15) is 14.7 Å². The smallest absolute Gasteiger partial charge is 0.274 e. The van der Waals surface area contributed by atoms with Gasteiger partial charge in [-0.25, -0.2) is 0 Å². The van der Waals surface area contributed by atoms with Crippen LogP contribution >= 0.6 is 0 Å². The monoisotopic (exact) mass is 443 g/mol. The number of pyridine rings is 1. The maximum Gasteiger partial charge on any atom is 0.274 e. The number of amides is 1. The predicted molar refractivity (Wildman–Crippen MR) is 128 cm³/mol. The van der Waals surface area contributed by atoms with Crippen molar-refractivity contribution in [2.75, 3.05) is 18.2 Å². The van der Waals surface area contributed by atoms with Crippen molar-refractivity contribution in [2.24, 2.45) is 0 Å². The Kier molecular flexibility index (Phi) is 5.54. The summed E-state index contributed by atoms with van der Waals surface area (Å²) < 4.78 is 1.86. The molecule has 0 fully saturated rings. The molecule has 0 radical (unpaired) electrons. The first-order valence-corrected chi connectivity index (χ1v) is 11.6. The minimum absolute atomic E-state index is 0.130. The van der Waals surface area contributed by atoms with Crippen molar-refractivity contribution in [1.29, 1.82) is 0 Å². The van der Waals surface area contributed by atoms with Crippen LogP contribution in [0, 0.1) is 6.92 Å². The number of carbonyl (C=O) groups is 1. The molecule has 2 heterocycles. The van der Waals surface area contributed by atoms with Crippen molar-refractivity contribution in [1.82, 2.24) is 9.58 Å². The molecule has 2 aliphatic rings. The average Bonchev–Trinajstić information content (AvgIpc) is 3.00. The summed E-state index contributed by atoms with van der Waals surface area (Å²) >= 11 is 0. The molecule has 1 N–H and O–H groups in total. The van der Waals surface area contributed by atoms with E-state index in [4.69, 9.17) is 0 Å². The molecule has 0 bridgehead atoms. The van der Waals surface area contributed by atoms with E-state index in [1.165, 1.54) is 28.3 Å². The van der Waals surface area contributed by atoms with Crippen LogP contribution < -0.4 is 10.4 Å². The van der Waals surface area contributed by atoms with Crippen LogP contribution in [0.25, 0.3) is 0 Å². The summed E-state index contributed by atoms with van der Waals surface area (Å²) in [6, 6.07) is 18.4. The molecule has 1 aliphatic carbocycles. The lowest BCUT2D eigenvalue weighted by Crippen LogP contribution is -2.57. The summed E-state index contributed by atoms with van der Waals surface area (Å²) in [6.07, 6.45) is 3.55. The zero-order valence-corrected chi connectivity index (χ0v) is 19.1. The van der Waals surface area contributed by atoms with Gasteiger partial charge in [0.25, 0.3) is 5.91 Å². The van der Waals surface area contributed by atoms with E-state index in [0.29, 0.717) is 24.3 Å². The lowest BCUT2D eigenvalue weighted by Gasteiger charge is -2.45. The van der Waals surface area contributed by atoms with Gasteiger partial charge < -0.3 is 10.0 Å². The first-order chi connectivity index (χ1) is 16.0. The van der Waals surface area contributed by atoms with Crippen molar-refractivity contribution in [2.45, 2.75) is 45.3 Å². The van der Waals surface area contributed by atoms with Crippen LogP contribution in [-0.2, 0) is 12.8 Å². The van der Waals surface area contributed by atoms with Crippen molar-refractivity contribution < 1.29 is 9.90 Å². The summed E-state index contributed by atoms with van der Waals surface area (Å²) in [6.45, 7) is 4.15. The predicted octanol–water partition coefficient (Wildman–Crippen LogP) is 3.17.